The molecule has 19 nitrogen and oxygen atoms in total. The van der Waals surface area contributed by atoms with Gasteiger partial charge in [-0.15, -0.1) is 22.7 Å². The Balaban J connectivity index is 1.05. The summed E-state index contributed by atoms with van der Waals surface area (Å²) < 4.78 is 0. The molecule has 2 saturated heterocycles. The molecule has 3 aliphatic rings. The van der Waals surface area contributed by atoms with E-state index in [4.69, 9.17) is 16.6 Å². The van der Waals surface area contributed by atoms with E-state index < -0.39 is 90.3 Å². The molecule has 6 atom stereocenters. The van der Waals surface area contributed by atoms with Crippen LogP contribution < -0.4 is 36.8 Å². The number of rotatable bonds is 10. The van der Waals surface area contributed by atoms with Crippen LogP contribution in [-0.4, -0.2) is 138 Å². The van der Waals surface area contributed by atoms with Gasteiger partial charge in [0.25, 0.3) is 0 Å². The molecule has 7 rings (SSSR count). The average Bonchev–Trinajstić information content (AvgIpc) is 4.05. The highest BCUT2D eigenvalue weighted by molar-refractivity contribution is 7.17. The van der Waals surface area contributed by atoms with Crippen LogP contribution in [0.15, 0.2) is 64.0 Å². The third-order valence-corrected chi connectivity index (χ3v) is 16.1. The van der Waals surface area contributed by atoms with E-state index in [-0.39, 0.29) is 38.3 Å². The molecule has 7 amide bonds. The minimum atomic E-state index is -1.34. The van der Waals surface area contributed by atoms with Gasteiger partial charge in [-0.25, -0.2) is 4.98 Å². The van der Waals surface area contributed by atoms with Gasteiger partial charge in [0.15, 0.2) is 0 Å². The fourth-order valence-corrected chi connectivity index (χ4v) is 11.6. The molecule has 75 heavy (non-hydrogen) atoms. The Morgan fingerprint density at radius 1 is 0.893 bits per heavy atom. The molecule has 7 N–H and O–H groups in total. The van der Waals surface area contributed by atoms with Crippen molar-refractivity contribution in [2.45, 2.75) is 116 Å². The first kappa shape index (κ1) is 56.2. The number of unbranched alkanes of at least 4 members (excludes halogenated alkanes) is 1. The molecule has 4 aromatic rings. The Labute approximate surface area is 449 Å². The molecule has 0 spiro atoms. The van der Waals surface area contributed by atoms with Crippen molar-refractivity contribution in [3.8, 4) is 10.4 Å². The van der Waals surface area contributed by atoms with Gasteiger partial charge in [-0.05, 0) is 74.3 Å². The lowest BCUT2D eigenvalue weighted by Crippen LogP contribution is -2.59. The quantitative estimate of drug-likeness (QED) is 0.111. The van der Waals surface area contributed by atoms with Crippen molar-refractivity contribution in [2.24, 2.45) is 15.4 Å². The zero-order chi connectivity index (χ0) is 54.3. The van der Waals surface area contributed by atoms with Gasteiger partial charge < -0.3 is 46.8 Å². The number of halogens is 1. The predicted molar refractivity (Wildman–Crippen MR) is 291 cm³/mol. The summed E-state index contributed by atoms with van der Waals surface area (Å²) in [6.07, 6.45) is -0.172. The summed E-state index contributed by atoms with van der Waals surface area (Å²) in [5.41, 5.74) is 6.60. The number of anilines is 1. The van der Waals surface area contributed by atoms with Crippen molar-refractivity contribution >= 4 is 92.2 Å². The number of aliphatic hydroxyl groups is 1. The number of benzene rings is 2. The topological polar surface area (TPSA) is 256 Å². The summed E-state index contributed by atoms with van der Waals surface area (Å²) >= 11 is 9.36. The predicted octanol–water partition coefficient (Wildman–Crippen LogP) is 4.28. The van der Waals surface area contributed by atoms with Crippen LogP contribution in [0.2, 0.25) is 5.02 Å². The molecular weight excluding hydrogens is 1020 g/mol. The molecule has 22 heteroatoms. The second-order valence-electron chi connectivity index (χ2n) is 20.2. The zero-order valence-electron chi connectivity index (χ0n) is 43.5. The number of aryl methyl sites for hydroxylation is 2. The number of likely N-dealkylation sites (N-methyl/N-ethyl adjacent to an activating group) is 1. The van der Waals surface area contributed by atoms with Gasteiger partial charge in [-0.3, -0.25) is 43.5 Å². The first-order valence-electron chi connectivity index (χ1n) is 25.0. The summed E-state index contributed by atoms with van der Waals surface area (Å²) in [7, 11) is 3.62. The zero-order valence-corrected chi connectivity index (χ0v) is 45.9. The first-order chi connectivity index (χ1) is 35.6. The van der Waals surface area contributed by atoms with Crippen LogP contribution in [0.25, 0.3) is 10.4 Å². The summed E-state index contributed by atoms with van der Waals surface area (Å²) in [5.74, 6) is -3.50. The molecule has 3 aliphatic heterocycles. The Morgan fingerprint density at radius 2 is 1.57 bits per heavy atom. The highest BCUT2D eigenvalue weighted by atomic mass is 35.5. The second-order valence-corrected chi connectivity index (χ2v) is 22.7. The fourth-order valence-electron chi connectivity index (χ4n) is 9.51. The third kappa shape index (κ3) is 13.7. The number of fused-ring (bicyclic) bond motifs is 2. The Morgan fingerprint density at radius 3 is 2.24 bits per heavy atom. The van der Waals surface area contributed by atoms with Crippen LogP contribution in [0.4, 0.5) is 5.00 Å². The SMILES string of the molecule is CN=C1[C@H](CC(=O)NCCCC[C@@H]2CC(=O)NCC(=O)N[C@@H](C(C)(C)C)C(=O)N3C[C@H](O)C[C@H]3C(=O)N[C@H](c3ccc(-c4scnc4C)cc3)C(=O)NCC(=O)N2)N=C(c2ccc(Cl)cc2)c2c(sc(C)c2C)N1C. The molecule has 0 radical (unpaired) electrons. The molecule has 2 aromatic carbocycles. The number of nitrogens with zero attached hydrogens (tertiary/aromatic N) is 5. The molecule has 0 bridgehead atoms. The van der Waals surface area contributed by atoms with Crippen LogP contribution in [0.1, 0.15) is 98.2 Å². The standard InChI is InChI=1S/C53H66ClN11O8S2/c1-28-30(3)75-52-43(28)44(31-16-18-34(54)19-17-31)61-37(48(55-7)64(52)8)23-40(68)56-20-10-9-11-35-21-39(67)57-24-42(70)62-47(53(4,5)6)51(73)65-26-36(66)22-38(65)49(71)63-45(50(72)58-25-41(69)60-35)32-12-14-33(15-13-32)46-29(2)59-27-74-46/h12-19,27,35-38,45,47,66H,9-11,20-26H2,1-8H3,(H,56,68)(H,57,67)(H,58,72)(H,60,69)(H,62,70)(H,63,71)/t35-,36-,37+,38+,45-,47-/m1/s1. The van der Waals surface area contributed by atoms with E-state index in [0.29, 0.717) is 35.7 Å². The number of aliphatic hydroxyl groups excluding tert-OH is 1. The van der Waals surface area contributed by atoms with Crippen molar-refractivity contribution in [3.63, 3.8) is 0 Å². The summed E-state index contributed by atoms with van der Waals surface area (Å²) in [6, 6.07) is 9.36. The van der Waals surface area contributed by atoms with Gasteiger partial charge in [0.05, 0.1) is 47.4 Å². The Bertz CT molecular complexity index is 2860. The van der Waals surface area contributed by atoms with Gasteiger partial charge in [0, 0.05) is 67.1 Å². The Kier molecular flexibility index (Phi) is 18.3. The molecule has 5 heterocycles. The molecular formula is C53H66ClN11O8S2. The number of nitrogens with one attached hydrogen (secondary N) is 6. The van der Waals surface area contributed by atoms with Crippen molar-refractivity contribution in [1.29, 1.82) is 0 Å². The minimum Gasteiger partial charge on any atom is -0.391 e. The molecule has 400 valence electrons. The van der Waals surface area contributed by atoms with E-state index >= 15 is 0 Å². The summed E-state index contributed by atoms with van der Waals surface area (Å²) in [6.45, 7) is 10.3. The average molecular weight is 1080 g/mol. The maximum Gasteiger partial charge on any atom is 0.247 e. The lowest BCUT2D eigenvalue weighted by atomic mass is 9.85. The van der Waals surface area contributed by atoms with Crippen LogP contribution in [0, 0.1) is 26.2 Å². The summed E-state index contributed by atoms with van der Waals surface area (Å²) in [5, 5.41) is 28.9. The highest BCUT2D eigenvalue weighted by Gasteiger charge is 2.45. The van der Waals surface area contributed by atoms with Gasteiger partial charge in [-0.2, -0.15) is 0 Å². The van der Waals surface area contributed by atoms with Crippen LogP contribution in [-0.2, 0) is 33.6 Å². The van der Waals surface area contributed by atoms with Crippen molar-refractivity contribution < 1.29 is 38.7 Å². The van der Waals surface area contributed by atoms with Crippen molar-refractivity contribution in [2.75, 3.05) is 45.2 Å². The van der Waals surface area contributed by atoms with E-state index in [1.165, 1.54) is 16.2 Å². The largest absolute Gasteiger partial charge is 0.391 e. The normalized spacial score (nSPS) is 23.1. The smallest absolute Gasteiger partial charge is 0.247 e. The lowest BCUT2D eigenvalue weighted by Gasteiger charge is -2.35. The fraction of sp³-hybridized carbons (Fsp3) is 0.472. The summed E-state index contributed by atoms with van der Waals surface area (Å²) in [4.78, 5) is 116. The van der Waals surface area contributed by atoms with Gasteiger partial charge in [0.1, 0.15) is 35.0 Å². The van der Waals surface area contributed by atoms with Gasteiger partial charge in [0.2, 0.25) is 41.4 Å². The van der Waals surface area contributed by atoms with E-state index in [1.54, 1.807) is 68.9 Å². The van der Waals surface area contributed by atoms with E-state index in [2.05, 4.69) is 55.7 Å². The number of thiophene rings is 1. The van der Waals surface area contributed by atoms with Crippen molar-refractivity contribution in [3.05, 3.63) is 91.9 Å². The number of amidine groups is 1. The number of amides is 7. The minimum absolute atomic E-state index is 0.0221. The first-order valence-corrected chi connectivity index (χ1v) is 27.0. The lowest BCUT2D eigenvalue weighted by molar-refractivity contribution is -0.144. The Hall–Kier alpha value is -6.55. The molecule has 0 aliphatic carbocycles. The van der Waals surface area contributed by atoms with Crippen molar-refractivity contribution in [1.82, 2.24) is 41.8 Å². The van der Waals surface area contributed by atoms with Crippen LogP contribution in [0.3, 0.4) is 0 Å². The molecule has 2 aromatic heterocycles. The number of aromatic nitrogens is 1. The van der Waals surface area contributed by atoms with E-state index in [0.717, 1.165) is 48.4 Å². The van der Waals surface area contributed by atoms with Crippen LogP contribution in [0.5, 0.6) is 0 Å². The molecule has 0 saturated carbocycles. The number of thiazole rings is 1. The number of carbonyl (C=O) groups excluding carboxylic acids is 7. The van der Waals surface area contributed by atoms with E-state index in [9.17, 15) is 38.7 Å². The maximum absolute atomic E-state index is 14.3. The second kappa shape index (κ2) is 24.4. The molecule has 2 fully saturated rings. The van der Waals surface area contributed by atoms with E-state index in [1.807, 2.05) is 43.1 Å². The van der Waals surface area contributed by atoms with Gasteiger partial charge in [-0.1, -0.05) is 68.8 Å². The monoisotopic (exact) mass is 1080 g/mol. The van der Waals surface area contributed by atoms with Gasteiger partial charge >= 0.3 is 0 Å². The number of hydrogen-bond donors (Lipinski definition) is 7. The third-order valence-electron chi connectivity index (χ3n) is 13.6. The highest BCUT2D eigenvalue weighted by Crippen LogP contribution is 2.40. The van der Waals surface area contributed by atoms with Crippen LogP contribution >= 0.6 is 34.3 Å². The maximum atomic E-state index is 14.3. The number of carbonyl (C=O) groups is 7. The molecule has 0 unspecified atom stereocenters. The number of hydrogen-bond acceptors (Lipinski definition) is 13. The number of aliphatic imine (C=N–C) groups is 2.